The first kappa shape index (κ1) is 8.70. The van der Waals surface area contributed by atoms with E-state index in [1.807, 2.05) is 12.3 Å². The van der Waals surface area contributed by atoms with Gasteiger partial charge in [-0.2, -0.15) is 0 Å². The van der Waals surface area contributed by atoms with Crippen LogP contribution in [0, 0.1) is 5.92 Å². The molecule has 1 atom stereocenters. The summed E-state index contributed by atoms with van der Waals surface area (Å²) in [4.78, 5) is 4.08. The van der Waals surface area contributed by atoms with Crippen molar-refractivity contribution in [3.05, 3.63) is 30.1 Å². The Morgan fingerprint density at radius 3 is 2.92 bits per heavy atom. The van der Waals surface area contributed by atoms with Crippen molar-refractivity contribution < 1.29 is 0 Å². The summed E-state index contributed by atoms with van der Waals surface area (Å²) in [6, 6.07) is 4.21. The molecule has 0 spiro atoms. The van der Waals surface area contributed by atoms with Crippen LogP contribution in [-0.4, -0.2) is 4.98 Å². The zero-order chi connectivity index (χ0) is 9.10. The first-order chi connectivity index (χ1) is 6.36. The average molecular weight is 176 g/mol. The minimum absolute atomic E-state index is 0.194. The van der Waals surface area contributed by atoms with E-state index in [0.29, 0.717) is 0 Å². The van der Waals surface area contributed by atoms with Crippen LogP contribution in [0.2, 0.25) is 0 Å². The molecule has 0 radical (unpaired) electrons. The lowest BCUT2D eigenvalue weighted by molar-refractivity contribution is 0.277. The van der Waals surface area contributed by atoms with Crippen LogP contribution in [0.1, 0.15) is 37.3 Å². The van der Waals surface area contributed by atoms with E-state index >= 15 is 0 Å². The Balaban J connectivity index is 1.92. The maximum absolute atomic E-state index is 6.07. The van der Waals surface area contributed by atoms with Gasteiger partial charge in [0.2, 0.25) is 0 Å². The van der Waals surface area contributed by atoms with Crippen molar-refractivity contribution in [3.63, 3.8) is 0 Å². The highest BCUT2D eigenvalue weighted by Gasteiger charge is 2.20. The fraction of sp³-hybridized carbons (Fsp3) is 0.545. The molecular weight excluding hydrogens is 160 g/mol. The zero-order valence-corrected chi connectivity index (χ0v) is 7.82. The first-order valence-electron chi connectivity index (χ1n) is 5.02. The third-order valence-electron chi connectivity index (χ3n) is 2.92. The van der Waals surface area contributed by atoms with E-state index in [-0.39, 0.29) is 6.04 Å². The normalized spacial score (nSPS) is 19.5. The predicted molar refractivity (Wildman–Crippen MR) is 53.1 cm³/mol. The molecule has 70 valence electrons. The molecule has 1 aliphatic rings. The number of rotatable bonds is 3. The molecule has 2 N–H and O–H groups in total. The van der Waals surface area contributed by atoms with E-state index in [9.17, 15) is 0 Å². The number of pyridine rings is 1. The molecule has 1 aromatic rings. The van der Waals surface area contributed by atoms with Gasteiger partial charge in [-0.25, -0.2) is 0 Å². The molecule has 1 aliphatic carbocycles. The quantitative estimate of drug-likeness (QED) is 0.767. The van der Waals surface area contributed by atoms with Crippen molar-refractivity contribution >= 4 is 0 Å². The highest BCUT2D eigenvalue weighted by molar-refractivity contribution is 5.13. The molecule has 0 amide bonds. The van der Waals surface area contributed by atoms with Gasteiger partial charge in [0.15, 0.2) is 0 Å². The SMILES string of the molecule is NC(CC1CCC1)c1cccnc1. The summed E-state index contributed by atoms with van der Waals surface area (Å²) in [7, 11) is 0. The maximum Gasteiger partial charge on any atom is 0.0315 e. The third kappa shape index (κ3) is 2.07. The molecule has 2 nitrogen and oxygen atoms in total. The molecule has 1 unspecified atom stereocenters. The molecule has 1 fully saturated rings. The fourth-order valence-electron chi connectivity index (χ4n) is 1.82. The standard InChI is InChI=1S/C11H16N2/c12-11(7-9-3-1-4-9)10-5-2-6-13-8-10/h2,5-6,8-9,11H,1,3-4,7,12H2. The van der Waals surface area contributed by atoms with Crippen LogP contribution in [0.25, 0.3) is 0 Å². The van der Waals surface area contributed by atoms with Crippen molar-refractivity contribution in [3.8, 4) is 0 Å². The summed E-state index contributed by atoms with van der Waals surface area (Å²) in [5.74, 6) is 0.871. The van der Waals surface area contributed by atoms with Gasteiger partial charge in [0, 0.05) is 18.4 Å². The highest BCUT2D eigenvalue weighted by atomic mass is 14.7. The van der Waals surface area contributed by atoms with Gasteiger partial charge in [0.1, 0.15) is 0 Å². The van der Waals surface area contributed by atoms with E-state index in [1.165, 1.54) is 24.8 Å². The number of nitrogens with two attached hydrogens (primary N) is 1. The number of nitrogens with zero attached hydrogens (tertiary/aromatic N) is 1. The minimum Gasteiger partial charge on any atom is -0.324 e. The van der Waals surface area contributed by atoms with Crippen molar-refractivity contribution in [2.45, 2.75) is 31.7 Å². The van der Waals surface area contributed by atoms with Crippen LogP contribution in [0.4, 0.5) is 0 Å². The molecule has 0 bridgehead atoms. The number of hydrogen-bond donors (Lipinski definition) is 1. The first-order valence-corrected chi connectivity index (χ1v) is 5.02. The lowest BCUT2D eigenvalue weighted by atomic mass is 9.80. The Hall–Kier alpha value is -0.890. The summed E-state index contributed by atoms with van der Waals surface area (Å²) in [6.45, 7) is 0. The van der Waals surface area contributed by atoms with E-state index in [2.05, 4.69) is 11.1 Å². The molecule has 0 aromatic carbocycles. The summed E-state index contributed by atoms with van der Waals surface area (Å²) >= 11 is 0. The minimum atomic E-state index is 0.194. The number of aromatic nitrogens is 1. The largest absolute Gasteiger partial charge is 0.324 e. The Labute approximate surface area is 79.2 Å². The van der Waals surface area contributed by atoms with Gasteiger partial charge in [0.05, 0.1) is 0 Å². The van der Waals surface area contributed by atoms with Gasteiger partial charge in [-0.15, -0.1) is 0 Å². The van der Waals surface area contributed by atoms with Crippen LogP contribution < -0.4 is 5.73 Å². The molecule has 1 saturated carbocycles. The van der Waals surface area contributed by atoms with Crippen LogP contribution in [0.5, 0.6) is 0 Å². The van der Waals surface area contributed by atoms with Gasteiger partial charge < -0.3 is 5.73 Å². The maximum atomic E-state index is 6.07. The van der Waals surface area contributed by atoms with E-state index < -0.39 is 0 Å². The monoisotopic (exact) mass is 176 g/mol. The second-order valence-corrected chi connectivity index (χ2v) is 3.93. The van der Waals surface area contributed by atoms with Crippen molar-refractivity contribution in [1.82, 2.24) is 4.98 Å². The lowest BCUT2D eigenvalue weighted by Gasteiger charge is -2.28. The van der Waals surface area contributed by atoms with E-state index in [4.69, 9.17) is 5.73 Å². The Morgan fingerprint density at radius 2 is 2.38 bits per heavy atom. The van der Waals surface area contributed by atoms with Crippen LogP contribution in [-0.2, 0) is 0 Å². The molecule has 2 rings (SSSR count). The number of hydrogen-bond acceptors (Lipinski definition) is 2. The Morgan fingerprint density at radius 1 is 1.54 bits per heavy atom. The van der Waals surface area contributed by atoms with Gasteiger partial charge >= 0.3 is 0 Å². The van der Waals surface area contributed by atoms with Crippen molar-refractivity contribution in [2.75, 3.05) is 0 Å². The summed E-state index contributed by atoms with van der Waals surface area (Å²) in [5.41, 5.74) is 7.24. The smallest absolute Gasteiger partial charge is 0.0315 e. The molecule has 1 heterocycles. The van der Waals surface area contributed by atoms with E-state index in [0.717, 1.165) is 12.3 Å². The van der Waals surface area contributed by atoms with Crippen molar-refractivity contribution in [2.24, 2.45) is 11.7 Å². The molecule has 0 aliphatic heterocycles. The molecule has 13 heavy (non-hydrogen) atoms. The summed E-state index contributed by atoms with van der Waals surface area (Å²) < 4.78 is 0. The second-order valence-electron chi connectivity index (χ2n) is 3.93. The predicted octanol–water partition coefficient (Wildman–Crippen LogP) is 2.27. The van der Waals surface area contributed by atoms with Crippen LogP contribution in [0.3, 0.4) is 0 Å². The topological polar surface area (TPSA) is 38.9 Å². The van der Waals surface area contributed by atoms with Gasteiger partial charge in [-0.3, -0.25) is 4.98 Å². The van der Waals surface area contributed by atoms with Gasteiger partial charge in [-0.1, -0.05) is 25.3 Å². The lowest BCUT2D eigenvalue weighted by Crippen LogP contribution is -2.20. The zero-order valence-electron chi connectivity index (χ0n) is 7.82. The molecular formula is C11H16N2. The summed E-state index contributed by atoms with van der Waals surface area (Å²) in [5, 5.41) is 0. The Kier molecular flexibility index (Phi) is 2.60. The Bertz CT molecular complexity index is 254. The molecule has 0 saturated heterocycles. The molecule has 2 heteroatoms. The second kappa shape index (κ2) is 3.88. The average Bonchev–Trinajstić information content (AvgIpc) is 2.12. The highest BCUT2D eigenvalue weighted by Crippen LogP contribution is 2.33. The van der Waals surface area contributed by atoms with Crippen LogP contribution in [0.15, 0.2) is 24.5 Å². The van der Waals surface area contributed by atoms with Crippen LogP contribution >= 0.6 is 0 Å². The van der Waals surface area contributed by atoms with E-state index in [1.54, 1.807) is 6.20 Å². The molecule has 1 aromatic heterocycles. The third-order valence-corrected chi connectivity index (χ3v) is 2.92. The van der Waals surface area contributed by atoms with Gasteiger partial charge in [0.25, 0.3) is 0 Å². The van der Waals surface area contributed by atoms with Crippen molar-refractivity contribution in [1.29, 1.82) is 0 Å². The van der Waals surface area contributed by atoms with Gasteiger partial charge in [-0.05, 0) is 24.0 Å². The summed E-state index contributed by atoms with van der Waals surface area (Å²) in [6.07, 6.45) is 8.93. The fourth-order valence-corrected chi connectivity index (χ4v) is 1.82.